The largest absolute Gasteiger partial charge is 0.380 e. The van der Waals surface area contributed by atoms with Gasteiger partial charge in [-0.3, -0.25) is 10.2 Å². The molecule has 0 radical (unpaired) electrons. The predicted molar refractivity (Wildman–Crippen MR) is 31.6 cm³/mol. The Morgan fingerprint density at radius 1 is 1.78 bits per heavy atom. The summed E-state index contributed by atoms with van der Waals surface area (Å²) in [6.45, 7) is 0.697. The number of methoxy groups -OCH3 is 1. The number of hydrogen-bond donors (Lipinski definition) is 2. The molecule has 1 atom stereocenters. The van der Waals surface area contributed by atoms with Crippen LogP contribution in [0.5, 0.6) is 0 Å². The van der Waals surface area contributed by atoms with Crippen LogP contribution in [0, 0.1) is 0 Å². The van der Waals surface area contributed by atoms with E-state index in [0.29, 0.717) is 13.0 Å². The molecule has 1 amide bonds. The van der Waals surface area contributed by atoms with Gasteiger partial charge in [-0.15, -0.1) is 0 Å². The van der Waals surface area contributed by atoms with Gasteiger partial charge in [0.25, 0.3) is 0 Å². The van der Waals surface area contributed by atoms with E-state index in [1.807, 2.05) is 0 Å². The van der Waals surface area contributed by atoms with Gasteiger partial charge >= 0.3 is 0 Å². The van der Waals surface area contributed by atoms with Gasteiger partial charge in [0.05, 0.1) is 12.5 Å². The highest BCUT2D eigenvalue weighted by Crippen LogP contribution is 1.97. The fourth-order valence-corrected chi connectivity index (χ4v) is 0.760. The highest BCUT2D eigenvalue weighted by molar-refractivity contribution is 5.76. The Kier molecular flexibility index (Phi) is 2.02. The monoisotopic (exact) mass is 130 g/mol. The standard InChI is InChI=1S/C5H10N2O2/c1-9-4-2-5(8)7-6-3-4/h4,6H,2-3H2,1H3,(H,7,8). The van der Waals surface area contributed by atoms with Crippen molar-refractivity contribution in [1.82, 2.24) is 10.9 Å². The van der Waals surface area contributed by atoms with Crippen LogP contribution < -0.4 is 10.9 Å². The van der Waals surface area contributed by atoms with E-state index < -0.39 is 0 Å². The van der Waals surface area contributed by atoms with Gasteiger partial charge < -0.3 is 4.74 Å². The molecule has 9 heavy (non-hydrogen) atoms. The number of amides is 1. The van der Waals surface area contributed by atoms with Crippen LogP contribution in [0.25, 0.3) is 0 Å². The number of hydrazine groups is 1. The molecule has 0 aromatic heterocycles. The lowest BCUT2D eigenvalue weighted by Crippen LogP contribution is -2.49. The first-order valence-corrected chi connectivity index (χ1v) is 2.87. The highest BCUT2D eigenvalue weighted by atomic mass is 16.5. The molecule has 0 aliphatic carbocycles. The summed E-state index contributed by atoms with van der Waals surface area (Å²) in [6, 6.07) is 0. The topological polar surface area (TPSA) is 50.4 Å². The Balaban J connectivity index is 2.32. The minimum atomic E-state index is -0.00639. The third-order valence-electron chi connectivity index (χ3n) is 1.30. The Labute approximate surface area is 53.5 Å². The zero-order valence-electron chi connectivity index (χ0n) is 5.31. The van der Waals surface area contributed by atoms with Gasteiger partial charge in [-0.2, -0.15) is 0 Å². The van der Waals surface area contributed by atoms with Gasteiger partial charge in [0.15, 0.2) is 0 Å². The van der Waals surface area contributed by atoms with E-state index in [4.69, 9.17) is 4.74 Å². The second kappa shape index (κ2) is 2.80. The molecule has 0 aromatic rings. The molecule has 4 nitrogen and oxygen atoms in total. The van der Waals surface area contributed by atoms with Crippen molar-refractivity contribution in [1.29, 1.82) is 0 Å². The molecule has 52 valence electrons. The Morgan fingerprint density at radius 3 is 3.00 bits per heavy atom. The van der Waals surface area contributed by atoms with Gasteiger partial charge in [-0.05, 0) is 0 Å². The van der Waals surface area contributed by atoms with E-state index in [1.165, 1.54) is 0 Å². The summed E-state index contributed by atoms with van der Waals surface area (Å²) in [4.78, 5) is 10.6. The fraction of sp³-hybridized carbons (Fsp3) is 0.800. The smallest absolute Gasteiger partial charge is 0.236 e. The lowest BCUT2D eigenvalue weighted by molar-refractivity contribution is -0.127. The summed E-state index contributed by atoms with van der Waals surface area (Å²) < 4.78 is 4.94. The maximum atomic E-state index is 10.6. The summed E-state index contributed by atoms with van der Waals surface area (Å²) in [5, 5.41) is 0. The normalized spacial score (nSPS) is 27.7. The van der Waals surface area contributed by atoms with Crippen molar-refractivity contribution >= 4 is 5.91 Å². The van der Waals surface area contributed by atoms with Gasteiger partial charge in [0, 0.05) is 13.7 Å². The lowest BCUT2D eigenvalue weighted by Gasteiger charge is -2.20. The Hall–Kier alpha value is -0.610. The number of carbonyl (C=O) groups is 1. The van der Waals surface area contributed by atoms with Crippen LogP contribution >= 0.6 is 0 Å². The first kappa shape index (κ1) is 6.51. The van der Waals surface area contributed by atoms with E-state index in [2.05, 4.69) is 10.9 Å². The number of hydrogen-bond acceptors (Lipinski definition) is 3. The Morgan fingerprint density at radius 2 is 2.56 bits per heavy atom. The highest BCUT2D eigenvalue weighted by Gasteiger charge is 2.16. The van der Waals surface area contributed by atoms with E-state index in [1.54, 1.807) is 7.11 Å². The van der Waals surface area contributed by atoms with Crippen molar-refractivity contribution in [3.05, 3.63) is 0 Å². The molecule has 1 aliphatic rings. The van der Waals surface area contributed by atoms with Crippen molar-refractivity contribution in [3.8, 4) is 0 Å². The second-order valence-corrected chi connectivity index (χ2v) is 1.99. The van der Waals surface area contributed by atoms with Gasteiger partial charge in [0.1, 0.15) is 0 Å². The van der Waals surface area contributed by atoms with Crippen LogP contribution in [0.15, 0.2) is 0 Å². The maximum Gasteiger partial charge on any atom is 0.236 e. The van der Waals surface area contributed by atoms with Crippen molar-refractivity contribution in [2.45, 2.75) is 12.5 Å². The molecule has 1 heterocycles. The third-order valence-corrected chi connectivity index (χ3v) is 1.30. The SMILES string of the molecule is COC1CNNC(=O)C1. The Bertz CT molecular complexity index is 116. The molecule has 1 aliphatic heterocycles. The maximum absolute atomic E-state index is 10.6. The number of ether oxygens (including phenoxy) is 1. The number of nitrogens with one attached hydrogen (secondary N) is 2. The summed E-state index contributed by atoms with van der Waals surface area (Å²) in [5.74, 6) is -0.00639. The van der Waals surface area contributed by atoms with Gasteiger partial charge in [0.2, 0.25) is 5.91 Å². The zero-order chi connectivity index (χ0) is 6.69. The van der Waals surface area contributed by atoms with Crippen LogP contribution in [-0.2, 0) is 9.53 Å². The molecule has 2 N–H and O–H groups in total. The lowest BCUT2D eigenvalue weighted by atomic mass is 10.2. The third kappa shape index (κ3) is 1.65. The molecule has 0 aromatic carbocycles. The van der Waals surface area contributed by atoms with Crippen molar-refractivity contribution in [3.63, 3.8) is 0 Å². The molecule has 1 unspecified atom stereocenters. The van der Waals surface area contributed by atoms with Crippen LogP contribution in [0.4, 0.5) is 0 Å². The van der Waals surface area contributed by atoms with Crippen molar-refractivity contribution in [2.75, 3.05) is 13.7 Å². The fourth-order valence-electron chi connectivity index (χ4n) is 0.760. The van der Waals surface area contributed by atoms with Gasteiger partial charge in [-0.1, -0.05) is 0 Å². The molecular weight excluding hydrogens is 120 g/mol. The summed E-state index contributed by atoms with van der Waals surface area (Å²) in [6.07, 6.45) is 0.502. The molecule has 1 fully saturated rings. The summed E-state index contributed by atoms with van der Waals surface area (Å²) in [5.41, 5.74) is 5.19. The average Bonchev–Trinajstić information content (AvgIpc) is 1.88. The molecule has 0 spiro atoms. The summed E-state index contributed by atoms with van der Waals surface area (Å²) >= 11 is 0. The van der Waals surface area contributed by atoms with E-state index >= 15 is 0 Å². The molecule has 1 saturated heterocycles. The van der Waals surface area contributed by atoms with E-state index in [0.717, 1.165) is 0 Å². The number of carbonyl (C=O) groups excluding carboxylic acids is 1. The minimum Gasteiger partial charge on any atom is -0.380 e. The van der Waals surface area contributed by atoms with E-state index in [-0.39, 0.29) is 12.0 Å². The van der Waals surface area contributed by atoms with Crippen LogP contribution in [0.3, 0.4) is 0 Å². The molecular formula is C5H10N2O2. The molecule has 1 rings (SSSR count). The zero-order valence-corrected chi connectivity index (χ0v) is 5.31. The first-order valence-electron chi connectivity index (χ1n) is 2.87. The second-order valence-electron chi connectivity index (χ2n) is 1.99. The minimum absolute atomic E-state index is 0.00639. The molecule has 0 saturated carbocycles. The van der Waals surface area contributed by atoms with Crippen LogP contribution in [0.1, 0.15) is 6.42 Å². The average molecular weight is 130 g/mol. The predicted octanol–water partition coefficient (Wildman–Crippen LogP) is -0.974. The van der Waals surface area contributed by atoms with Crippen LogP contribution in [-0.4, -0.2) is 25.7 Å². The van der Waals surface area contributed by atoms with E-state index in [9.17, 15) is 4.79 Å². The van der Waals surface area contributed by atoms with Crippen LogP contribution in [0.2, 0.25) is 0 Å². The molecule has 0 bridgehead atoms. The molecule has 4 heteroatoms. The first-order chi connectivity index (χ1) is 4.33. The summed E-state index contributed by atoms with van der Waals surface area (Å²) in [7, 11) is 1.60. The quantitative estimate of drug-likeness (QED) is 0.480. The van der Waals surface area contributed by atoms with Gasteiger partial charge in [-0.25, -0.2) is 5.43 Å². The van der Waals surface area contributed by atoms with Crippen molar-refractivity contribution < 1.29 is 9.53 Å². The van der Waals surface area contributed by atoms with Crippen molar-refractivity contribution in [2.24, 2.45) is 0 Å². The number of rotatable bonds is 1.